The number of hydrogen-bond donors (Lipinski definition) is 1. The van der Waals surface area contributed by atoms with Gasteiger partial charge in [-0.2, -0.15) is 0 Å². The van der Waals surface area contributed by atoms with Crippen molar-refractivity contribution >= 4 is 28.4 Å². The van der Waals surface area contributed by atoms with Crippen LogP contribution in [0, 0.1) is 20.8 Å². The summed E-state index contributed by atoms with van der Waals surface area (Å²) in [5, 5.41) is 4.32. The molecule has 4 aromatic rings. The summed E-state index contributed by atoms with van der Waals surface area (Å²) in [4.78, 5) is 21.0. The first-order valence-corrected chi connectivity index (χ1v) is 12.4. The zero-order valence-corrected chi connectivity index (χ0v) is 21.5. The maximum atomic E-state index is 5.95. The first-order chi connectivity index (χ1) is 17.4. The molecular formula is C27H32N6O3. The number of fused-ring (bicyclic) bond motifs is 1. The van der Waals surface area contributed by atoms with Crippen molar-refractivity contribution in [2.45, 2.75) is 46.6 Å². The maximum absolute atomic E-state index is 5.95. The second-order valence-corrected chi connectivity index (χ2v) is 9.06. The molecule has 5 rings (SSSR count). The van der Waals surface area contributed by atoms with E-state index < -0.39 is 0 Å². The topological polar surface area (TPSA) is 98.4 Å². The van der Waals surface area contributed by atoms with Gasteiger partial charge in [0, 0.05) is 50.0 Å². The Kier molecular flexibility index (Phi) is 6.73. The lowest BCUT2D eigenvalue weighted by atomic mass is 10.1. The van der Waals surface area contributed by atoms with Crippen molar-refractivity contribution in [2.75, 3.05) is 37.0 Å². The number of anilines is 3. The fraction of sp³-hybridized carbons (Fsp3) is 0.407. The molecule has 0 atom stereocenters. The minimum Gasteiger partial charge on any atom is -0.492 e. The molecular weight excluding hydrogens is 456 g/mol. The van der Waals surface area contributed by atoms with Crippen LogP contribution in [0.25, 0.3) is 22.2 Å². The Hall–Kier alpha value is -3.72. The summed E-state index contributed by atoms with van der Waals surface area (Å²) >= 11 is 0. The van der Waals surface area contributed by atoms with Gasteiger partial charge in [0.25, 0.3) is 0 Å². The number of aromatic nitrogens is 4. The smallest absolute Gasteiger partial charge is 0.227 e. The van der Waals surface area contributed by atoms with Gasteiger partial charge in [-0.25, -0.2) is 19.9 Å². The third-order valence-corrected chi connectivity index (χ3v) is 6.44. The maximum Gasteiger partial charge on any atom is 0.227 e. The standard InChI is InChI=1S/C27H32N6O3/c1-6-35-23-14-19(25-17(3)30-18(4)36-25)7-8-22(23)31-27-28-15-20-13-16(2)29-26(24(20)32-27)33-11-9-21(34-5)10-12-33/h7-8,13-15,21H,6,9-12H2,1-5H3,(H,28,31,32). The van der Waals surface area contributed by atoms with E-state index in [1.165, 1.54) is 0 Å². The molecule has 1 aliphatic heterocycles. The molecule has 0 radical (unpaired) electrons. The third-order valence-electron chi connectivity index (χ3n) is 6.44. The van der Waals surface area contributed by atoms with Gasteiger partial charge < -0.3 is 24.1 Å². The summed E-state index contributed by atoms with van der Waals surface area (Å²) in [6.07, 6.45) is 4.09. The highest BCUT2D eigenvalue weighted by Gasteiger charge is 2.22. The van der Waals surface area contributed by atoms with Crippen molar-refractivity contribution in [1.82, 2.24) is 19.9 Å². The molecule has 0 unspecified atom stereocenters. The molecule has 1 saturated heterocycles. The number of ether oxygens (including phenoxy) is 2. The van der Waals surface area contributed by atoms with Crippen LogP contribution >= 0.6 is 0 Å². The van der Waals surface area contributed by atoms with Gasteiger partial charge in [0.15, 0.2) is 17.5 Å². The number of methoxy groups -OCH3 is 1. The van der Waals surface area contributed by atoms with E-state index in [9.17, 15) is 0 Å². The van der Waals surface area contributed by atoms with Gasteiger partial charge in [0.2, 0.25) is 5.95 Å². The molecule has 0 bridgehead atoms. The zero-order valence-electron chi connectivity index (χ0n) is 21.5. The molecule has 1 aliphatic rings. The largest absolute Gasteiger partial charge is 0.492 e. The lowest BCUT2D eigenvalue weighted by Gasteiger charge is -2.32. The first-order valence-electron chi connectivity index (χ1n) is 12.4. The lowest BCUT2D eigenvalue weighted by molar-refractivity contribution is 0.0818. The number of rotatable bonds is 7. The zero-order chi connectivity index (χ0) is 25.2. The minimum atomic E-state index is 0.300. The molecule has 1 aromatic carbocycles. The van der Waals surface area contributed by atoms with Crippen molar-refractivity contribution in [2.24, 2.45) is 0 Å². The van der Waals surface area contributed by atoms with E-state index in [1.54, 1.807) is 7.11 Å². The van der Waals surface area contributed by atoms with Crippen molar-refractivity contribution in [1.29, 1.82) is 0 Å². The Morgan fingerprint density at radius 3 is 2.58 bits per heavy atom. The highest BCUT2D eigenvalue weighted by atomic mass is 16.5. The fourth-order valence-corrected chi connectivity index (χ4v) is 4.70. The number of nitrogens with one attached hydrogen (secondary N) is 1. The highest BCUT2D eigenvalue weighted by Crippen LogP contribution is 2.35. The number of piperidine rings is 1. The van der Waals surface area contributed by atoms with Gasteiger partial charge >= 0.3 is 0 Å². The van der Waals surface area contributed by atoms with Crippen LogP contribution < -0.4 is 15.0 Å². The summed E-state index contributed by atoms with van der Waals surface area (Å²) < 4.78 is 17.3. The van der Waals surface area contributed by atoms with Crippen LogP contribution in [0.1, 0.15) is 37.0 Å². The predicted octanol–water partition coefficient (Wildman–Crippen LogP) is 5.36. The molecule has 0 aliphatic carbocycles. The predicted molar refractivity (Wildman–Crippen MR) is 140 cm³/mol. The Labute approximate surface area is 210 Å². The molecule has 1 fully saturated rings. The molecule has 1 N–H and O–H groups in total. The Bertz CT molecular complexity index is 1380. The molecule has 9 nitrogen and oxygen atoms in total. The van der Waals surface area contributed by atoms with Crippen molar-refractivity contribution in [3.8, 4) is 17.1 Å². The fourth-order valence-electron chi connectivity index (χ4n) is 4.70. The number of benzene rings is 1. The van der Waals surface area contributed by atoms with Crippen LogP contribution in [0.4, 0.5) is 17.5 Å². The molecule has 188 valence electrons. The van der Waals surface area contributed by atoms with E-state index in [1.807, 2.05) is 58.2 Å². The van der Waals surface area contributed by atoms with E-state index in [2.05, 4.69) is 20.2 Å². The average Bonchev–Trinajstić information content (AvgIpc) is 3.22. The minimum absolute atomic E-state index is 0.300. The molecule has 3 aromatic heterocycles. The molecule has 0 saturated carbocycles. The van der Waals surface area contributed by atoms with Crippen molar-refractivity contribution < 1.29 is 13.9 Å². The number of hydrogen-bond acceptors (Lipinski definition) is 9. The SMILES string of the molecule is CCOc1cc(-c2oc(C)nc2C)ccc1Nc1ncc2cc(C)nc(N3CCC(OC)CC3)c2n1. The summed E-state index contributed by atoms with van der Waals surface area (Å²) in [5.74, 6) is 3.45. The average molecular weight is 489 g/mol. The summed E-state index contributed by atoms with van der Waals surface area (Å²) in [7, 11) is 1.78. The van der Waals surface area contributed by atoms with E-state index in [0.29, 0.717) is 30.3 Å². The van der Waals surface area contributed by atoms with Crippen molar-refractivity contribution in [3.63, 3.8) is 0 Å². The van der Waals surface area contributed by atoms with Crippen LogP contribution in [-0.4, -0.2) is 52.8 Å². The summed E-state index contributed by atoms with van der Waals surface area (Å²) in [6.45, 7) is 10.0. The monoisotopic (exact) mass is 488 g/mol. The Balaban J connectivity index is 1.48. The van der Waals surface area contributed by atoms with Gasteiger partial charge in [-0.1, -0.05) is 0 Å². The van der Waals surface area contributed by atoms with Gasteiger partial charge in [0.05, 0.1) is 24.1 Å². The van der Waals surface area contributed by atoms with E-state index in [-0.39, 0.29) is 0 Å². The number of pyridine rings is 1. The van der Waals surface area contributed by atoms with Gasteiger partial charge in [0.1, 0.15) is 11.3 Å². The van der Waals surface area contributed by atoms with Crippen LogP contribution in [0.2, 0.25) is 0 Å². The second kappa shape index (κ2) is 10.1. The van der Waals surface area contributed by atoms with Gasteiger partial charge in [-0.05, 0) is 57.9 Å². The quantitative estimate of drug-likeness (QED) is 0.368. The van der Waals surface area contributed by atoms with E-state index in [0.717, 1.165) is 71.1 Å². The van der Waals surface area contributed by atoms with E-state index >= 15 is 0 Å². The normalized spacial score (nSPS) is 14.4. The molecule has 0 spiro atoms. The van der Waals surface area contributed by atoms with Gasteiger partial charge in [-0.3, -0.25) is 0 Å². The summed E-state index contributed by atoms with van der Waals surface area (Å²) in [6, 6.07) is 7.91. The van der Waals surface area contributed by atoms with Crippen LogP contribution in [0.3, 0.4) is 0 Å². The number of aryl methyl sites for hydroxylation is 3. The highest BCUT2D eigenvalue weighted by molar-refractivity contribution is 5.89. The summed E-state index contributed by atoms with van der Waals surface area (Å²) in [5.41, 5.74) is 4.30. The van der Waals surface area contributed by atoms with Crippen LogP contribution in [-0.2, 0) is 4.74 Å². The Morgan fingerprint density at radius 2 is 1.89 bits per heavy atom. The molecule has 9 heteroatoms. The molecule has 36 heavy (non-hydrogen) atoms. The first kappa shape index (κ1) is 24.0. The van der Waals surface area contributed by atoms with Crippen molar-refractivity contribution in [3.05, 3.63) is 47.7 Å². The number of nitrogens with zero attached hydrogens (tertiary/aromatic N) is 5. The lowest BCUT2D eigenvalue weighted by Crippen LogP contribution is -2.37. The number of oxazole rings is 1. The molecule has 4 heterocycles. The van der Waals surface area contributed by atoms with Crippen LogP contribution in [0.15, 0.2) is 34.9 Å². The van der Waals surface area contributed by atoms with Gasteiger partial charge in [-0.15, -0.1) is 0 Å². The Morgan fingerprint density at radius 1 is 1.08 bits per heavy atom. The van der Waals surface area contributed by atoms with E-state index in [4.69, 9.17) is 23.9 Å². The second-order valence-electron chi connectivity index (χ2n) is 9.06. The molecule has 0 amide bonds. The third kappa shape index (κ3) is 4.83. The van der Waals surface area contributed by atoms with Crippen LogP contribution in [0.5, 0.6) is 5.75 Å².